The highest BCUT2D eigenvalue weighted by molar-refractivity contribution is 5.91. The maximum Gasteiger partial charge on any atom is 0.325 e. The molecule has 8 heteroatoms. The molecular weight excluding hydrogens is 346 g/mol. The molecule has 2 amide bonds. The lowest BCUT2D eigenvalue weighted by molar-refractivity contribution is -0.143. The van der Waals surface area contributed by atoms with Crippen LogP contribution in [0.3, 0.4) is 0 Å². The van der Waals surface area contributed by atoms with E-state index in [2.05, 4.69) is 10.6 Å². The minimum Gasteiger partial charge on any atom is -0.480 e. The van der Waals surface area contributed by atoms with Gasteiger partial charge in [0.05, 0.1) is 6.54 Å². The molecule has 7 nitrogen and oxygen atoms in total. The number of nitrogens with one attached hydrogen (secondary N) is 2. The number of carboxylic acids is 1. The predicted octanol–water partition coefficient (Wildman–Crippen LogP) is 0.778. The number of amides is 2. The maximum atomic E-state index is 12.3. The van der Waals surface area contributed by atoms with Gasteiger partial charge in [-0.25, -0.2) is 0 Å². The van der Waals surface area contributed by atoms with Crippen LogP contribution in [0.25, 0.3) is 0 Å². The number of carbonyl (C=O) groups excluding carboxylic acids is 2. The van der Waals surface area contributed by atoms with Crippen molar-refractivity contribution in [2.75, 3.05) is 13.1 Å². The lowest BCUT2D eigenvalue weighted by Crippen LogP contribution is -2.51. The minimum absolute atomic E-state index is 0. The Balaban J connectivity index is 0.00000312. The van der Waals surface area contributed by atoms with Crippen LogP contribution in [-0.2, 0) is 20.9 Å². The summed E-state index contributed by atoms with van der Waals surface area (Å²) in [6, 6.07) is 8.18. The van der Waals surface area contributed by atoms with E-state index in [-0.39, 0.29) is 24.9 Å². The second kappa shape index (κ2) is 10.0. The third-order valence-electron chi connectivity index (χ3n) is 4.05. The van der Waals surface area contributed by atoms with Crippen molar-refractivity contribution in [3.63, 3.8) is 0 Å². The van der Waals surface area contributed by atoms with Crippen molar-refractivity contribution in [1.29, 1.82) is 0 Å². The molecule has 0 unspecified atom stereocenters. The van der Waals surface area contributed by atoms with E-state index >= 15 is 0 Å². The summed E-state index contributed by atoms with van der Waals surface area (Å²) in [5.74, 6) is -1.64. The van der Waals surface area contributed by atoms with E-state index in [9.17, 15) is 14.4 Å². The van der Waals surface area contributed by atoms with Gasteiger partial charge in [0.1, 0.15) is 12.1 Å². The second-order valence-electron chi connectivity index (χ2n) is 5.90. The summed E-state index contributed by atoms with van der Waals surface area (Å²) in [5.41, 5.74) is 1.08. The number of nitrogens with zero attached hydrogens (tertiary/aromatic N) is 1. The van der Waals surface area contributed by atoms with Gasteiger partial charge >= 0.3 is 5.97 Å². The van der Waals surface area contributed by atoms with Crippen molar-refractivity contribution < 1.29 is 19.5 Å². The molecule has 1 aliphatic rings. The van der Waals surface area contributed by atoms with E-state index in [1.165, 1.54) is 11.8 Å². The largest absolute Gasteiger partial charge is 0.480 e. The Hall–Kier alpha value is -2.12. The van der Waals surface area contributed by atoms with Crippen molar-refractivity contribution in [3.8, 4) is 0 Å². The SMILES string of the molecule is C[C@H](NC(=O)[C@@H]1CCCN1C(=O)CNCc1ccccc1)C(=O)O.Cl. The number of carbonyl (C=O) groups is 3. The molecule has 0 aliphatic carbocycles. The molecule has 1 heterocycles. The highest BCUT2D eigenvalue weighted by atomic mass is 35.5. The normalized spacial score (nSPS) is 17.5. The lowest BCUT2D eigenvalue weighted by atomic mass is 10.2. The zero-order valence-corrected chi connectivity index (χ0v) is 14.9. The standard InChI is InChI=1S/C17H23N3O4.ClH/c1-12(17(23)24)19-16(22)14-8-5-9-20(14)15(21)11-18-10-13-6-3-2-4-7-13;/h2-4,6-7,12,14,18H,5,8-11H2,1H3,(H,19,22)(H,23,24);1H/t12-,14-;/m0./s1. The van der Waals surface area contributed by atoms with Crippen molar-refractivity contribution in [1.82, 2.24) is 15.5 Å². The average molecular weight is 370 g/mol. The van der Waals surface area contributed by atoms with E-state index < -0.39 is 24.0 Å². The van der Waals surface area contributed by atoms with E-state index in [4.69, 9.17) is 5.11 Å². The number of likely N-dealkylation sites (tertiary alicyclic amines) is 1. The quantitative estimate of drug-likeness (QED) is 0.659. The van der Waals surface area contributed by atoms with Gasteiger partial charge in [0.25, 0.3) is 0 Å². The minimum atomic E-state index is -1.09. The topological polar surface area (TPSA) is 98.7 Å². The molecule has 1 saturated heterocycles. The van der Waals surface area contributed by atoms with Gasteiger partial charge in [-0.05, 0) is 25.3 Å². The summed E-state index contributed by atoms with van der Waals surface area (Å²) < 4.78 is 0. The Labute approximate surface area is 153 Å². The highest BCUT2D eigenvalue weighted by Gasteiger charge is 2.34. The highest BCUT2D eigenvalue weighted by Crippen LogP contribution is 2.17. The maximum absolute atomic E-state index is 12.3. The van der Waals surface area contributed by atoms with E-state index in [0.717, 1.165) is 12.0 Å². The molecule has 1 aromatic carbocycles. The summed E-state index contributed by atoms with van der Waals surface area (Å²) in [6.45, 7) is 2.65. The Morgan fingerprint density at radius 2 is 1.96 bits per heavy atom. The van der Waals surface area contributed by atoms with Gasteiger partial charge in [0.2, 0.25) is 11.8 Å². The van der Waals surface area contributed by atoms with E-state index in [0.29, 0.717) is 19.5 Å². The molecule has 2 rings (SSSR count). The molecule has 1 aromatic rings. The van der Waals surface area contributed by atoms with Crippen LogP contribution in [0.1, 0.15) is 25.3 Å². The molecular formula is C17H24ClN3O4. The van der Waals surface area contributed by atoms with Crippen LogP contribution in [0, 0.1) is 0 Å². The smallest absolute Gasteiger partial charge is 0.325 e. The van der Waals surface area contributed by atoms with Crippen LogP contribution in [0.4, 0.5) is 0 Å². The van der Waals surface area contributed by atoms with E-state index in [1.807, 2.05) is 30.3 Å². The van der Waals surface area contributed by atoms with Gasteiger partial charge in [-0.15, -0.1) is 12.4 Å². The van der Waals surface area contributed by atoms with Crippen LogP contribution in [0.2, 0.25) is 0 Å². The third kappa shape index (κ3) is 6.03. The van der Waals surface area contributed by atoms with Gasteiger partial charge in [0, 0.05) is 13.1 Å². The summed E-state index contributed by atoms with van der Waals surface area (Å²) in [7, 11) is 0. The fourth-order valence-corrected chi connectivity index (χ4v) is 2.72. The average Bonchev–Trinajstić information content (AvgIpc) is 3.05. The molecule has 0 aromatic heterocycles. The van der Waals surface area contributed by atoms with Crippen molar-refractivity contribution in [3.05, 3.63) is 35.9 Å². The molecule has 0 saturated carbocycles. The second-order valence-corrected chi connectivity index (χ2v) is 5.90. The first-order chi connectivity index (χ1) is 11.5. The Kier molecular flexibility index (Phi) is 8.37. The van der Waals surface area contributed by atoms with E-state index in [1.54, 1.807) is 0 Å². The molecule has 1 aliphatic heterocycles. The molecule has 2 atom stereocenters. The Bertz CT molecular complexity index is 597. The van der Waals surface area contributed by atoms with Crippen molar-refractivity contribution >= 4 is 30.2 Å². The van der Waals surface area contributed by atoms with Crippen molar-refractivity contribution in [2.24, 2.45) is 0 Å². The number of rotatable bonds is 7. The number of benzene rings is 1. The van der Waals surface area contributed by atoms with Gasteiger partial charge in [-0.1, -0.05) is 30.3 Å². The lowest BCUT2D eigenvalue weighted by Gasteiger charge is -2.25. The van der Waals surface area contributed by atoms with Crippen LogP contribution in [-0.4, -0.2) is 53.0 Å². The van der Waals surface area contributed by atoms with Gasteiger partial charge < -0.3 is 20.6 Å². The first-order valence-corrected chi connectivity index (χ1v) is 8.06. The first kappa shape index (κ1) is 20.9. The van der Waals surface area contributed by atoms with Crippen molar-refractivity contribution in [2.45, 2.75) is 38.4 Å². The van der Waals surface area contributed by atoms with Gasteiger partial charge in [-0.2, -0.15) is 0 Å². The molecule has 0 bridgehead atoms. The number of carboxylic acid groups (broad SMARTS) is 1. The van der Waals surface area contributed by atoms with Crippen LogP contribution in [0.5, 0.6) is 0 Å². The molecule has 3 N–H and O–H groups in total. The zero-order valence-electron chi connectivity index (χ0n) is 14.1. The summed E-state index contributed by atoms with van der Waals surface area (Å²) in [6.07, 6.45) is 1.30. The summed E-state index contributed by atoms with van der Waals surface area (Å²) >= 11 is 0. The van der Waals surface area contributed by atoms with Crippen LogP contribution >= 0.6 is 12.4 Å². The predicted molar refractivity (Wildman–Crippen MR) is 95.4 cm³/mol. The Morgan fingerprint density at radius 3 is 2.60 bits per heavy atom. The Morgan fingerprint density at radius 1 is 1.28 bits per heavy atom. The number of hydrogen-bond donors (Lipinski definition) is 3. The van der Waals surface area contributed by atoms with Gasteiger partial charge in [-0.3, -0.25) is 14.4 Å². The molecule has 138 valence electrons. The molecule has 0 radical (unpaired) electrons. The van der Waals surface area contributed by atoms with Gasteiger partial charge in [0.15, 0.2) is 0 Å². The van der Waals surface area contributed by atoms with Crippen LogP contribution < -0.4 is 10.6 Å². The molecule has 25 heavy (non-hydrogen) atoms. The molecule has 1 fully saturated rings. The molecule has 0 spiro atoms. The summed E-state index contributed by atoms with van der Waals surface area (Å²) in [5, 5.41) is 14.4. The third-order valence-corrected chi connectivity index (χ3v) is 4.05. The van der Waals surface area contributed by atoms with Crippen LogP contribution in [0.15, 0.2) is 30.3 Å². The summed E-state index contributed by atoms with van der Waals surface area (Å²) in [4.78, 5) is 36.9. The monoisotopic (exact) mass is 369 g/mol. The fraction of sp³-hybridized carbons (Fsp3) is 0.471. The zero-order chi connectivity index (χ0) is 17.5. The number of aliphatic carboxylic acids is 1. The first-order valence-electron chi connectivity index (χ1n) is 8.06. The number of hydrogen-bond acceptors (Lipinski definition) is 4. The number of halogens is 1. The fourth-order valence-electron chi connectivity index (χ4n) is 2.72.